The maximum atomic E-state index is 14.0. The molecule has 1 aromatic carbocycles. The van der Waals surface area contributed by atoms with Crippen LogP contribution in [0.2, 0.25) is 0 Å². The van der Waals surface area contributed by atoms with Crippen molar-refractivity contribution in [3.63, 3.8) is 0 Å². The normalized spacial score (nSPS) is 15.2. The van der Waals surface area contributed by atoms with Gasteiger partial charge in [0.25, 0.3) is 5.91 Å². The lowest BCUT2D eigenvalue weighted by Gasteiger charge is -2.20. The number of nitrogens with zero attached hydrogens (tertiary/aromatic N) is 3. The summed E-state index contributed by atoms with van der Waals surface area (Å²) in [6.45, 7) is 1.19. The Morgan fingerprint density at radius 2 is 1.93 bits per heavy atom. The van der Waals surface area contributed by atoms with E-state index in [1.807, 2.05) is 0 Å². The molecule has 0 unspecified atom stereocenters. The van der Waals surface area contributed by atoms with Gasteiger partial charge in [0.2, 0.25) is 5.91 Å². The second kappa shape index (κ2) is 9.27. The number of rotatable bonds is 6. The van der Waals surface area contributed by atoms with Crippen molar-refractivity contribution in [3.8, 4) is 5.69 Å². The van der Waals surface area contributed by atoms with Gasteiger partial charge >= 0.3 is 6.18 Å². The monoisotopic (exact) mass is 426 g/mol. The first-order chi connectivity index (χ1) is 14.3. The number of amides is 2. The van der Waals surface area contributed by atoms with Crippen molar-refractivity contribution in [2.24, 2.45) is 0 Å². The highest BCUT2D eigenvalue weighted by Crippen LogP contribution is 2.34. The molecule has 2 amide bonds. The Hall–Kier alpha value is -2.91. The van der Waals surface area contributed by atoms with Crippen molar-refractivity contribution < 1.29 is 27.2 Å². The molecule has 2 heterocycles. The zero-order valence-electron chi connectivity index (χ0n) is 16.2. The van der Waals surface area contributed by atoms with E-state index in [9.17, 15) is 27.2 Å². The third kappa shape index (κ3) is 4.98. The molecule has 1 saturated heterocycles. The van der Waals surface area contributed by atoms with E-state index in [1.165, 1.54) is 12.1 Å². The van der Waals surface area contributed by atoms with Gasteiger partial charge in [-0.15, -0.1) is 0 Å². The molecule has 30 heavy (non-hydrogen) atoms. The molecule has 2 aromatic rings. The minimum atomic E-state index is -4.91. The topological polar surface area (TPSA) is 67.2 Å². The van der Waals surface area contributed by atoms with E-state index in [0.717, 1.165) is 37.6 Å². The van der Waals surface area contributed by atoms with Crippen molar-refractivity contribution in [1.82, 2.24) is 20.0 Å². The largest absolute Gasteiger partial charge is 0.434 e. The number of alkyl halides is 3. The van der Waals surface area contributed by atoms with Crippen molar-refractivity contribution >= 4 is 11.8 Å². The summed E-state index contributed by atoms with van der Waals surface area (Å²) in [5.74, 6) is -1.78. The molecule has 0 bridgehead atoms. The molecule has 6 nitrogen and oxygen atoms in total. The van der Waals surface area contributed by atoms with Crippen LogP contribution in [0.5, 0.6) is 0 Å². The van der Waals surface area contributed by atoms with E-state index < -0.39 is 34.8 Å². The van der Waals surface area contributed by atoms with Crippen LogP contribution in [0.4, 0.5) is 17.6 Å². The van der Waals surface area contributed by atoms with Crippen LogP contribution in [-0.4, -0.2) is 46.1 Å². The van der Waals surface area contributed by atoms with Gasteiger partial charge in [0.15, 0.2) is 5.69 Å². The third-order valence-corrected chi connectivity index (χ3v) is 4.92. The summed E-state index contributed by atoms with van der Waals surface area (Å²) in [6.07, 6.45) is -0.449. The minimum absolute atomic E-state index is 0.0596. The Balaban J connectivity index is 1.69. The summed E-state index contributed by atoms with van der Waals surface area (Å²) in [4.78, 5) is 26.0. The lowest BCUT2D eigenvalue weighted by molar-refractivity contribution is -0.143. The molecule has 1 aromatic heterocycles. The number of hydrogen-bond donors (Lipinski definition) is 1. The summed E-state index contributed by atoms with van der Waals surface area (Å²) >= 11 is 0. The molecule has 10 heteroatoms. The summed E-state index contributed by atoms with van der Waals surface area (Å²) < 4.78 is 55.2. The number of benzene rings is 1. The number of halogens is 4. The molecule has 0 aliphatic carbocycles. The zero-order chi connectivity index (χ0) is 21.7. The maximum Gasteiger partial charge on any atom is 0.434 e. The predicted octanol–water partition coefficient (Wildman–Crippen LogP) is 3.55. The number of carbonyl (C=O) groups excluding carboxylic acids is 2. The number of para-hydroxylation sites is 1. The predicted molar refractivity (Wildman–Crippen MR) is 101 cm³/mol. The van der Waals surface area contributed by atoms with Crippen LogP contribution in [0.1, 0.15) is 48.2 Å². The highest BCUT2D eigenvalue weighted by molar-refractivity contribution is 5.95. The van der Waals surface area contributed by atoms with E-state index in [-0.39, 0.29) is 12.5 Å². The summed E-state index contributed by atoms with van der Waals surface area (Å²) in [5.41, 5.74) is -2.42. The lowest BCUT2D eigenvalue weighted by atomic mass is 10.2. The van der Waals surface area contributed by atoms with Gasteiger partial charge < -0.3 is 10.2 Å². The molecule has 1 N–H and O–H groups in total. The fourth-order valence-corrected chi connectivity index (χ4v) is 3.44. The van der Waals surface area contributed by atoms with Crippen LogP contribution >= 0.6 is 0 Å². The van der Waals surface area contributed by atoms with Crippen LogP contribution in [0, 0.1) is 5.82 Å². The third-order valence-electron chi connectivity index (χ3n) is 4.92. The van der Waals surface area contributed by atoms with E-state index in [2.05, 4.69) is 10.4 Å². The van der Waals surface area contributed by atoms with Crippen LogP contribution in [-0.2, 0) is 11.0 Å². The molecule has 1 aliphatic rings. The number of carbonyl (C=O) groups is 2. The SMILES string of the molecule is O=C(NCCCN1CCCCCC1=O)c1cnn(-c2ccccc2F)c1C(F)(F)F. The van der Waals surface area contributed by atoms with Crippen LogP contribution < -0.4 is 5.32 Å². The van der Waals surface area contributed by atoms with Gasteiger partial charge in [-0.25, -0.2) is 9.07 Å². The van der Waals surface area contributed by atoms with Gasteiger partial charge in [0, 0.05) is 26.1 Å². The minimum Gasteiger partial charge on any atom is -0.352 e. The van der Waals surface area contributed by atoms with Gasteiger partial charge in [-0.3, -0.25) is 9.59 Å². The second-order valence-electron chi connectivity index (χ2n) is 7.07. The Bertz CT molecular complexity index is 910. The van der Waals surface area contributed by atoms with Crippen LogP contribution in [0.15, 0.2) is 30.5 Å². The van der Waals surface area contributed by atoms with Gasteiger partial charge in [-0.2, -0.15) is 18.3 Å². The molecule has 1 aliphatic heterocycles. The molecule has 1 fully saturated rings. The average molecular weight is 426 g/mol. The van der Waals surface area contributed by atoms with Crippen LogP contribution in [0.25, 0.3) is 5.69 Å². The second-order valence-corrected chi connectivity index (χ2v) is 7.07. The average Bonchev–Trinajstić information content (AvgIpc) is 3.05. The van der Waals surface area contributed by atoms with Crippen molar-refractivity contribution in [3.05, 3.63) is 47.5 Å². The van der Waals surface area contributed by atoms with Gasteiger partial charge in [0.05, 0.1) is 11.8 Å². The van der Waals surface area contributed by atoms with Gasteiger partial charge in [0.1, 0.15) is 11.5 Å². The number of aromatic nitrogens is 2. The van der Waals surface area contributed by atoms with Gasteiger partial charge in [-0.05, 0) is 31.4 Å². The highest BCUT2D eigenvalue weighted by Gasteiger charge is 2.41. The number of hydrogen-bond acceptors (Lipinski definition) is 3. The Morgan fingerprint density at radius 1 is 1.17 bits per heavy atom. The highest BCUT2D eigenvalue weighted by atomic mass is 19.4. The Kier molecular flexibility index (Phi) is 6.73. The zero-order valence-corrected chi connectivity index (χ0v) is 16.2. The molecule has 0 saturated carbocycles. The maximum absolute atomic E-state index is 14.0. The molecule has 3 rings (SSSR count). The molecular weight excluding hydrogens is 404 g/mol. The van der Waals surface area contributed by atoms with Crippen molar-refractivity contribution in [2.45, 2.75) is 38.3 Å². The summed E-state index contributed by atoms with van der Waals surface area (Å²) in [6, 6.07) is 4.89. The van der Waals surface area contributed by atoms with Crippen LogP contribution in [0.3, 0.4) is 0 Å². The molecule has 0 radical (unpaired) electrons. The van der Waals surface area contributed by atoms with E-state index in [4.69, 9.17) is 0 Å². The quantitative estimate of drug-likeness (QED) is 0.568. The van der Waals surface area contributed by atoms with Gasteiger partial charge in [-0.1, -0.05) is 18.6 Å². The van der Waals surface area contributed by atoms with E-state index in [1.54, 1.807) is 4.90 Å². The Labute approximate surface area is 170 Å². The first kappa shape index (κ1) is 21.8. The van der Waals surface area contributed by atoms with E-state index in [0.29, 0.717) is 30.6 Å². The summed E-state index contributed by atoms with van der Waals surface area (Å²) in [5, 5.41) is 6.04. The first-order valence-corrected chi connectivity index (χ1v) is 9.75. The smallest absolute Gasteiger partial charge is 0.352 e. The molecule has 162 valence electrons. The lowest BCUT2D eigenvalue weighted by Crippen LogP contribution is -2.34. The Morgan fingerprint density at radius 3 is 2.67 bits per heavy atom. The molecule has 0 atom stereocenters. The molecular formula is C20H22F4N4O2. The first-order valence-electron chi connectivity index (χ1n) is 9.75. The van der Waals surface area contributed by atoms with E-state index >= 15 is 0 Å². The molecule has 0 spiro atoms. The standard InChI is InChI=1S/C20H22F4N4O2/c21-15-7-3-4-8-16(15)28-18(20(22,23)24)14(13-26-28)19(30)25-10-6-12-27-11-5-1-2-9-17(27)29/h3-4,7-8,13H,1-2,5-6,9-12H2,(H,25,30). The van der Waals surface area contributed by atoms with Crippen molar-refractivity contribution in [1.29, 1.82) is 0 Å². The fraction of sp³-hybridized carbons (Fsp3) is 0.450. The van der Waals surface area contributed by atoms with Crippen molar-refractivity contribution in [2.75, 3.05) is 19.6 Å². The number of nitrogens with one attached hydrogen (secondary N) is 1. The summed E-state index contributed by atoms with van der Waals surface area (Å²) in [7, 11) is 0. The number of likely N-dealkylation sites (tertiary alicyclic amines) is 1. The fourth-order valence-electron chi connectivity index (χ4n) is 3.44.